The van der Waals surface area contributed by atoms with E-state index in [0.717, 1.165) is 0 Å². The summed E-state index contributed by atoms with van der Waals surface area (Å²) in [5.41, 5.74) is -0.775. The summed E-state index contributed by atoms with van der Waals surface area (Å²) in [5, 5.41) is 57.1. The van der Waals surface area contributed by atoms with Crippen LogP contribution in [0.15, 0.2) is 29.5 Å². The van der Waals surface area contributed by atoms with Gasteiger partial charge in [-0.25, -0.2) is 0 Å². The first-order valence-electron chi connectivity index (χ1n) is 10.5. The zero-order valence-electron chi connectivity index (χ0n) is 18.7. The molecule has 1 heterocycles. The van der Waals surface area contributed by atoms with Gasteiger partial charge < -0.3 is 36.0 Å². The minimum Gasteiger partial charge on any atom is -0.508 e. The standard InChI is InChI=1S/C22H23ClN2O9.ClH/c1-19-7-5-4-6-8(26)9(7)16(29)20(23)15(19)14(28)11-12(25(2)3)13(27)10(18(24)31)17(30)21(11,32)22(20,33)34-19;/h4-6,11-12,14-15,26,28,30,32-33H,1-3H3,(H2,24,31);1H/t11-,12+,14-,15-,19+,20+,21?,22+;/m1./s1. The van der Waals surface area contributed by atoms with Crippen LogP contribution < -0.4 is 5.73 Å². The van der Waals surface area contributed by atoms with E-state index >= 15 is 0 Å². The van der Waals surface area contributed by atoms with Crippen LogP contribution in [-0.2, 0) is 19.9 Å². The van der Waals surface area contributed by atoms with Crippen LogP contribution in [0.2, 0.25) is 0 Å². The number of nitrogens with two attached hydrogens (primary N) is 1. The number of rotatable bonds is 2. The molecule has 1 aromatic carbocycles. The van der Waals surface area contributed by atoms with E-state index in [0.29, 0.717) is 0 Å². The molecule has 2 fully saturated rings. The summed E-state index contributed by atoms with van der Waals surface area (Å²) < 4.78 is 5.95. The van der Waals surface area contributed by atoms with Gasteiger partial charge in [0, 0.05) is 5.92 Å². The molecule has 1 aliphatic heterocycles. The third kappa shape index (κ3) is 2.42. The van der Waals surface area contributed by atoms with Gasteiger partial charge in [0.2, 0.25) is 5.79 Å². The number of Topliss-reactive ketones (excluding diaryl/α,β-unsaturated/α-hetero) is 2. The fourth-order valence-corrected chi connectivity index (χ4v) is 7.28. The predicted octanol–water partition coefficient (Wildman–Crippen LogP) is -0.930. The number of hydrogen-bond acceptors (Lipinski definition) is 10. The Labute approximate surface area is 210 Å². The van der Waals surface area contributed by atoms with E-state index in [1.807, 2.05) is 0 Å². The molecule has 0 aromatic heterocycles. The molecule has 35 heavy (non-hydrogen) atoms. The molecule has 0 spiro atoms. The number of benzene rings is 1. The van der Waals surface area contributed by atoms with E-state index in [-0.39, 0.29) is 23.5 Å². The summed E-state index contributed by atoms with van der Waals surface area (Å²) in [6.07, 6.45) is -1.82. The molecule has 8 atom stereocenters. The van der Waals surface area contributed by atoms with Crippen molar-refractivity contribution in [3.8, 4) is 5.75 Å². The van der Waals surface area contributed by atoms with Crippen LogP contribution in [0.3, 0.4) is 0 Å². The van der Waals surface area contributed by atoms with Gasteiger partial charge in [-0.1, -0.05) is 12.1 Å². The molecular weight excluding hydrogens is 507 g/mol. The maximum atomic E-state index is 13.7. The summed E-state index contributed by atoms with van der Waals surface area (Å²) in [7, 11) is 2.85. The van der Waals surface area contributed by atoms with Crippen molar-refractivity contribution in [2.45, 2.75) is 40.9 Å². The average Bonchev–Trinajstić information content (AvgIpc) is 2.85. The molecule has 11 nitrogen and oxygen atoms in total. The highest BCUT2D eigenvalue weighted by molar-refractivity contribution is 6.41. The molecule has 1 amide bonds. The number of hydrogen-bond donors (Lipinski definition) is 6. The second-order valence-corrected chi connectivity index (χ2v) is 10.3. The molecule has 0 radical (unpaired) electrons. The molecule has 4 bridgehead atoms. The van der Waals surface area contributed by atoms with Gasteiger partial charge in [-0.2, -0.15) is 0 Å². The number of aromatic hydroxyl groups is 1. The minimum absolute atomic E-state index is 0. The van der Waals surface area contributed by atoms with Gasteiger partial charge >= 0.3 is 0 Å². The zero-order valence-corrected chi connectivity index (χ0v) is 20.3. The van der Waals surface area contributed by atoms with Crippen LogP contribution >= 0.6 is 24.0 Å². The van der Waals surface area contributed by atoms with Crippen molar-refractivity contribution in [2.24, 2.45) is 17.6 Å². The largest absolute Gasteiger partial charge is 0.508 e. The number of ether oxygens (including phenoxy) is 1. The van der Waals surface area contributed by atoms with Crippen molar-refractivity contribution < 1.29 is 44.7 Å². The predicted molar refractivity (Wildman–Crippen MR) is 121 cm³/mol. The Bertz CT molecular complexity index is 1240. The molecule has 1 aromatic rings. The first kappa shape index (κ1) is 25.8. The fraction of sp³-hybridized carbons (Fsp3) is 0.500. The van der Waals surface area contributed by atoms with E-state index in [4.69, 9.17) is 22.1 Å². The van der Waals surface area contributed by atoms with Crippen molar-refractivity contribution in [1.29, 1.82) is 0 Å². The monoisotopic (exact) mass is 530 g/mol. The summed E-state index contributed by atoms with van der Waals surface area (Å²) in [4.78, 5) is 37.7. The van der Waals surface area contributed by atoms with Gasteiger partial charge in [-0.05, 0) is 32.6 Å². The Hall–Kier alpha value is -2.25. The molecule has 1 unspecified atom stereocenters. The SMILES string of the molecule is CN(C)[C@@H]1C(=O)C(C(N)=O)=C(O)C2(O)[C@H]1[C@@H](O)[C@@H]1[C@@]3(C)O[C@@]2(O)[C@@]1(Cl)C(=O)c1c(O)cccc13.Cl. The highest BCUT2D eigenvalue weighted by Gasteiger charge is 2.90. The number of phenols is 1. The number of alkyl halides is 1. The van der Waals surface area contributed by atoms with Crippen molar-refractivity contribution >= 4 is 41.5 Å². The number of fused-ring (bicyclic) bond motifs is 4. The average molecular weight is 531 g/mol. The van der Waals surface area contributed by atoms with Gasteiger partial charge in [0.05, 0.1) is 23.6 Å². The van der Waals surface area contributed by atoms with Crippen LogP contribution in [0.25, 0.3) is 0 Å². The molecule has 190 valence electrons. The number of nitrogens with zero attached hydrogens (tertiary/aromatic N) is 1. The highest BCUT2D eigenvalue weighted by Crippen LogP contribution is 2.72. The van der Waals surface area contributed by atoms with E-state index in [9.17, 15) is 39.9 Å². The molecule has 3 aliphatic carbocycles. The number of aliphatic hydroxyl groups excluding tert-OH is 2. The first-order chi connectivity index (χ1) is 15.6. The minimum atomic E-state index is -3.16. The van der Waals surface area contributed by atoms with E-state index in [2.05, 4.69) is 0 Å². The lowest BCUT2D eigenvalue weighted by Crippen LogP contribution is -2.81. The van der Waals surface area contributed by atoms with E-state index < -0.39 is 80.4 Å². The number of carbonyl (C=O) groups excluding carboxylic acids is 3. The fourth-order valence-electron chi connectivity index (χ4n) is 6.67. The number of aliphatic hydroxyl groups is 4. The van der Waals surface area contributed by atoms with Gasteiger partial charge in [-0.15, -0.1) is 24.0 Å². The van der Waals surface area contributed by atoms with Crippen molar-refractivity contribution in [3.05, 3.63) is 40.7 Å². The lowest BCUT2D eigenvalue weighted by molar-refractivity contribution is -0.328. The molecular formula is C22H24Cl2N2O9. The number of phenolic OH excluding ortho intramolecular Hbond substituents is 1. The van der Waals surface area contributed by atoms with Crippen LogP contribution in [0.5, 0.6) is 5.75 Å². The second-order valence-electron chi connectivity index (χ2n) is 9.71. The van der Waals surface area contributed by atoms with Crippen LogP contribution in [0, 0.1) is 11.8 Å². The number of halogens is 2. The van der Waals surface area contributed by atoms with Gasteiger partial charge in [0.1, 0.15) is 22.7 Å². The molecule has 13 heteroatoms. The molecule has 7 N–H and O–H groups in total. The Morgan fingerprint density at radius 2 is 1.80 bits per heavy atom. The third-order valence-corrected chi connectivity index (χ3v) is 8.64. The smallest absolute Gasteiger partial charge is 0.255 e. The molecule has 1 saturated heterocycles. The van der Waals surface area contributed by atoms with E-state index in [1.165, 1.54) is 44.1 Å². The second kappa shape index (κ2) is 7.16. The van der Waals surface area contributed by atoms with E-state index in [1.54, 1.807) is 0 Å². The number of carbonyl (C=O) groups is 3. The Morgan fingerprint density at radius 1 is 1.20 bits per heavy atom. The van der Waals surface area contributed by atoms with Gasteiger partial charge in [0.25, 0.3) is 5.91 Å². The number of ketones is 2. The molecule has 5 rings (SSSR count). The molecule has 4 aliphatic rings. The van der Waals surface area contributed by atoms with Crippen LogP contribution in [0.4, 0.5) is 0 Å². The summed E-state index contributed by atoms with van der Waals surface area (Å²) in [6.45, 7) is 1.41. The Kier molecular flexibility index (Phi) is 5.28. The number of amides is 1. The van der Waals surface area contributed by atoms with Gasteiger partial charge in [0.15, 0.2) is 22.0 Å². The van der Waals surface area contributed by atoms with Crippen molar-refractivity contribution in [1.82, 2.24) is 4.90 Å². The summed E-state index contributed by atoms with van der Waals surface area (Å²) in [5.74, 6) is -11.6. The van der Waals surface area contributed by atoms with Crippen molar-refractivity contribution in [3.63, 3.8) is 0 Å². The maximum Gasteiger partial charge on any atom is 0.255 e. The number of likely N-dealkylation sites (N-methyl/N-ethyl adjacent to an activating group) is 1. The Morgan fingerprint density at radius 3 is 2.34 bits per heavy atom. The normalized spacial score (nSPS) is 43.5. The molecule has 1 saturated carbocycles. The van der Waals surface area contributed by atoms with Crippen molar-refractivity contribution in [2.75, 3.05) is 14.1 Å². The third-order valence-electron chi connectivity index (χ3n) is 7.97. The summed E-state index contributed by atoms with van der Waals surface area (Å²) in [6, 6.07) is 2.63. The Balaban J connectivity index is 0.00000289. The van der Waals surface area contributed by atoms with Crippen LogP contribution in [-0.4, -0.2) is 90.4 Å². The lowest BCUT2D eigenvalue weighted by atomic mass is 9.50. The van der Waals surface area contributed by atoms with Crippen LogP contribution in [0.1, 0.15) is 22.8 Å². The summed E-state index contributed by atoms with van der Waals surface area (Å²) >= 11 is 6.81. The lowest BCUT2D eigenvalue weighted by Gasteiger charge is -2.59. The van der Waals surface area contributed by atoms with Gasteiger partial charge in [-0.3, -0.25) is 19.3 Å². The maximum absolute atomic E-state index is 13.7. The highest BCUT2D eigenvalue weighted by atomic mass is 35.5. The number of primary amides is 1. The zero-order chi connectivity index (χ0) is 25.3. The quantitative estimate of drug-likeness (QED) is 0.205. The topological polar surface area (TPSA) is 191 Å². The first-order valence-corrected chi connectivity index (χ1v) is 10.8.